The van der Waals surface area contributed by atoms with Crippen molar-refractivity contribution >= 4 is 15.9 Å². The predicted octanol–water partition coefficient (Wildman–Crippen LogP) is 2.41. The van der Waals surface area contributed by atoms with Crippen molar-refractivity contribution in [2.75, 3.05) is 7.05 Å². The predicted molar refractivity (Wildman–Crippen MR) is 68.2 cm³/mol. The molecule has 1 aromatic carbocycles. The first-order valence-electron chi connectivity index (χ1n) is 5.19. The van der Waals surface area contributed by atoms with Crippen LogP contribution in [0.1, 0.15) is 11.4 Å². The molecule has 1 heterocycles. The monoisotopic (exact) mass is 279 g/mol. The summed E-state index contributed by atoms with van der Waals surface area (Å²) in [5.74, 6) is 1.05. The molecule has 1 N–H and O–H groups in total. The second-order valence-electron chi connectivity index (χ2n) is 3.59. The molecule has 3 nitrogen and oxygen atoms in total. The van der Waals surface area contributed by atoms with E-state index in [-0.39, 0.29) is 0 Å². The Kier molecular flexibility index (Phi) is 3.74. The van der Waals surface area contributed by atoms with Gasteiger partial charge in [-0.1, -0.05) is 34.1 Å². The van der Waals surface area contributed by atoms with Gasteiger partial charge in [0.1, 0.15) is 5.82 Å². The average molecular weight is 280 g/mol. The fraction of sp³-hybridized carbons (Fsp3) is 0.250. The number of imidazole rings is 1. The molecule has 0 aliphatic heterocycles. The molecule has 0 bridgehead atoms. The number of nitrogens with zero attached hydrogens (tertiary/aromatic N) is 2. The van der Waals surface area contributed by atoms with Gasteiger partial charge in [0.05, 0.1) is 6.54 Å². The average Bonchev–Trinajstić information content (AvgIpc) is 2.70. The van der Waals surface area contributed by atoms with Crippen molar-refractivity contribution in [3.63, 3.8) is 0 Å². The Hall–Kier alpha value is -1.13. The molecular weight excluding hydrogens is 266 g/mol. The SMILES string of the molecule is CNCc1nccn1Cc1ccccc1Br. The third-order valence-corrected chi connectivity index (χ3v) is 3.21. The van der Waals surface area contributed by atoms with Crippen LogP contribution in [0.25, 0.3) is 0 Å². The number of hydrogen-bond acceptors (Lipinski definition) is 2. The highest BCUT2D eigenvalue weighted by molar-refractivity contribution is 9.10. The van der Waals surface area contributed by atoms with Crippen LogP contribution in [0, 0.1) is 0 Å². The van der Waals surface area contributed by atoms with Gasteiger partial charge in [0.15, 0.2) is 0 Å². The number of hydrogen-bond donors (Lipinski definition) is 1. The van der Waals surface area contributed by atoms with Gasteiger partial charge < -0.3 is 9.88 Å². The Labute approximate surface area is 104 Å². The van der Waals surface area contributed by atoms with E-state index in [1.807, 2.05) is 25.5 Å². The van der Waals surface area contributed by atoms with Gasteiger partial charge >= 0.3 is 0 Å². The lowest BCUT2D eigenvalue weighted by Gasteiger charge is -2.09. The molecule has 0 saturated heterocycles. The minimum atomic E-state index is 0.789. The van der Waals surface area contributed by atoms with Gasteiger partial charge in [-0.15, -0.1) is 0 Å². The number of rotatable bonds is 4. The molecule has 0 aliphatic rings. The first kappa shape index (κ1) is 11.4. The van der Waals surface area contributed by atoms with Gasteiger partial charge in [0.25, 0.3) is 0 Å². The van der Waals surface area contributed by atoms with Crippen LogP contribution in [-0.4, -0.2) is 16.6 Å². The maximum atomic E-state index is 4.32. The summed E-state index contributed by atoms with van der Waals surface area (Å²) in [5, 5.41) is 3.12. The summed E-state index contributed by atoms with van der Waals surface area (Å²) in [6.07, 6.45) is 3.84. The van der Waals surface area contributed by atoms with E-state index in [0.29, 0.717) is 0 Å². The summed E-state index contributed by atoms with van der Waals surface area (Å²) < 4.78 is 3.29. The van der Waals surface area contributed by atoms with E-state index in [1.54, 1.807) is 0 Å². The smallest absolute Gasteiger partial charge is 0.122 e. The second kappa shape index (κ2) is 5.27. The minimum Gasteiger partial charge on any atom is -0.329 e. The van der Waals surface area contributed by atoms with E-state index in [4.69, 9.17) is 0 Å². The summed E-state index contributed by atoms with van der Waals surface area (Å²) in [6, 6.07) is 8.25. The summed E-state index contributed by atoms with van der Waals surface area (Å²) in [7, 11) is 1.93. The number of aromatic nitrogens is 2. The Morgan fingerprint density at radius 3 is 2.94 bits per heavy atom. The lowest BCUT2D eigenvalue weighted by atomic mass is 10.2. The Morgan fingerprint density at radius 2 is 2.19 bits per heavy atom. The van der Waals surface area contributed by atoms with Gasteiger partial charge in [0, 0.05) is 23.4 Å². The second-order valence-corrected chi connectivity index (χ2v) is 4.45. The fourth-order valence-electron chi connectivity index (χ4n) is 1.62. The van der Waals surface area contributed by atoms with Crippen molar-refractivity contribution in [2.45, 2.75) is 13.1 Å². The summed E-state index contributed by atoms with van der Waals surface area (Å²) in [6.45, 7) is 1.63. The molecule has 2 rings (SSSR count). The number of benzene rings is 1. The fourth-order valence-corrected chi connectivity index (χ4v) is 2.03. The highest BCUT2D eigenvalue weighted by atomic mass is 79.9. The summed E-state index contributed by atoms with van der Waals surface area (Å²) in [4.78, 5) is 4.32. The first-order valence-corrected chi connectivity index (χ1v) is 5.98. The Morgan fingerprint density at radius 1 is 1.38 bits per heavy atom. The van der Waals surface area contributed by atoms with Gasteiger partial charge in [-0.25, -0.2) is 4.98 Å². The quantitative estimate of drug-likeness (QED) is 0.932. The van der Waals surface area contributed by atoms with Crippen LogP contribution in [0.2, 0.25) is 0 Å². The van der Waals surface area contributed by atoms with Crippen molar-refractivity contribution < 1.29 is 0 Å². The van der Waals surface area contributed by atoms with Crippen molar-refractivity contribution in [3.8, 4) is 0 Å². The molecule has 2 aromatic rings. The Bertz CT molecular complexity index is 465. The molecule has 0 radical (unpaired) electrons. The highest BCUT2D eigenvalue weighted by Crippen LogP contribution is 2.17. The maximum absolute atomic E-state index is 4.32. The molecule has 0 unspecified atom stereocenters. The molecular formula is C12H14BrN3. The zero-order valence-electron chi connectivity index (χ0n) is 9.15. The normalized spacial score (nSPS) is 10.6. The minimum absolute atomic E-state index is 0.789. The van der Waals surface area contributed by atoms with E-state index in [0.717, 1.165) is 23.4 Å². The molecule has 0 spiro atoms. The lowest BCUT2D eigenvalue weighted by molar-refractivity contribution is 0.672. The van der Waals surface area contributed by atoms with E-state index >= 15 is 0 Å². The van der Waals surface area contributed by atoms with Crippen LogP contribution in [0.3, 0.4) is 0 Å². The number of halogens is 1. The van der Waals surface area contributed by atoms with E-state index in [9.17, 15) is 0 Å². The van der Waals surface area contributed by atoms with Crippen LogP contribution in [0.5, 0.6) is 0 Å². The lowest BCUT2D eigenvalue weighted by Crippen LogP contribution is -2.12. The summed E-state index contributed by atoms with van der Waals surface area (Å²) in [5.41, 5.74) is 1.26. The first-order chi connectivity index (χ1) is 7.81. The van der Waals surface area contributed by atoms with Crippen LogP contribution in [0.4, 0.5) is 0 Å². The van der Waals surface area contributed by atoms with Gasteiger partial charge in [-0.2, -0.15) is 0 Å². The maximum Gasteiger partial charge on any atom is 0.122 e. The molecule has 1 aromatic heterocycles. The zero-order chi connectivity index (χ0) is 11.4. The molecule has 4 heteroatoms. The molecule has 16 heavy (non-hydrogen) atoms. The van der Waals surface area contributed by atoms with Crippen molar-refractivity contribution in [3.05, 3.63) is 52.5 Å². The van der Waals surface area contributed by atoms with Crippen molar-refractivity contribution in [1.82, 2.24) is 14.9 Å². The Balaban J connectivity index is 2.20. The summed E-state index contributed by atoms with van der Waals surface area (Å²) >= 11 is 3.56. The van der Waals surface area contributed by atoms with Crippen molar-refractivity contribution in [1.29, 1.82) is 0 Å². The third-order valence-electron chi connectivity index (χ3n) is 2.44. The topological polar surface area (TPSA) is 29.9 Å². The zero-order valence-corrected chi connectivity index (χ0v) is 10.7. The van der Waals surface area contributed by atoms with Crippen LogP contribution >= 0.6 is 15.9 Å². The van der Waals surface area contributed by atoms with E-state index < -0.39 is 0 Å². The van der Waals surface area contributed by atoms with Crippen LogP contribution in [-0.2, 0) is 13.1 Å². The van der Waals surface area contributed by atoms with Gasteiger partial charge in [-0.3, -0.25) is 0 Å². The van der Waals surface area contributed by atoms with E-state index in [1.165, 1.54) is 5.56 Å². The molecule has 0 atom stereocenters. The van der Waals surface area contributed by atoms with Crippen LogP contribution in [0.15, 0.2) is 41.1 Å². The number of nitrogens with one attached hydrogen (secondary N) is 1. The molecule has 0 saturated carbocycles. The molecule has 0 fully saturated rings. The van der Waals surface area contributed by atoms with E-state index in [2.05, 4.69) is 49.0 Å². The molecule has 84 valence electrons. The molecule has 0 amide bonds. The van der Waals surface area contributed by atoms with Crippen molar-refractivity contribution in [2.24, 2.45) is 0 Å². The highest BCUT2D eigenvalue weighted by Gasteiger charge is 2.04. The van der Waals surface area contributed by atoms with Gasteiger partial charge in [0.2, 0.25) is 0 Å². The van der Waals surface area contributed by atoms with Gasteiger partial charge in [-0.05, 0) is 18.7 Å². The van der Waals surface area contributed by atoms with Crippen LogP contribution < -0.4 is 5.32 Å². The molecule has 0 aliphatic carbocycles. The third kappa shape index (κ3) is 2.51. The standard InChI is InChI=1S/C12H14BrN3/c1-14-8-12-15-6-7-16(12)9-10-4-2-3-5-11(10)13/h2-7,14H,8-9H2,1H3. The largest absolute Gasteiger partial charge is 0.329 e.